The first kappa shape index (κ1) is 26.8. The molecule has 0 atom stereocenters. The molecular weight excluding hydrogens is 541 g/mol. The molecule has 0 amide bonds. The van der Waals surface area contributed by atoms with Crippen LogP contribution in [0.2, 0.25) is 0 Å². The number of hydrogen-bond donors (Lipinski definition) is 4. The van der Waals surface area contributed by atoms with Crippen LogP contribution in [0.15, 0.2) is 30.6 Å². The number of hydrogen-bond acceptors (Lipinski definition) is 9. The zero-order chi connectivity index (χ0) is 27.9. The molecule has 9 nitrogen and oxygen atoms in total. The number of phenols is 1. The van der Waals surface area contributed by atoms with E-state index in [1.54, 1.807) is 6.07 Å². The van der Waals surface area contributed by atoms with E-state index < -0.39 is 12.6 Å². The highest BCUT2D eigenvalue weighted by molar-refractivity contribution is 7.18. The standard InChI is InChI=1S/C27H29F3N8OS/c28-27(29,30)9-21-7-22-25(32-15-33-26(22)40-21)36-19-1-3-37(4-2-19)14-18-5-17-6-20(10-31)38(23(17)8-24(18)39)13-16-11-34-35-12-16/h5-8,15-16,19,34-35,39H,1-4,9,11-14H2,(H,32,33,36). The topological polar surface area (TPSA) is 114 Å². The van der Waals surface area contributed by atoms with Crippen LogP contribution in [0.25, 0.3) is 21.1 Å². The third-order valence-electron chi connectivity index (χ3n) is 7.64. The molecule has 4 N–H and O–H groups in total. The van der Waals surface area contributed by atoms with Crippen LogP contribution in [0.3, 0.4) is 0 Å². The SMILES string of the molecule is N#Cc1cc2cc(CN3CCC(Nc4ncnc5sc(CC(F)(F)F)cc45)CC3)c(O)cc2n1CC1CNNC1. The molecule has 2 aliphatic rings. The lowest BCUT2D eigenvalue weighted by molar-refractivity contribution is -0.126. The van der Waals surface area contributed by atoms with Crippen LogP contribution in [-0.4, -0.2) is 62.9 Å². The Bertz CT molecular complexity index is 1560. The summed E-state index contributed by atoms with van der Waals surface area (Å²) < 4.78 is 40.6. The number of hydrazine groups is 1. The van der Waals surface area contributed by atoms with Crippen LogP contribution in [0.4, 0.5) is 19.0 Å². The minimum atomic E-state index is -4.26. The summed E-state index contributed by atoms with van der Waals surface area (Å²) in [4.78, 5) is 11.5. The molecule has 2 saturated heterocycles. The molecular formula is C27H29F3N8OS. The van der Waals surface area contributed by atoms with Crippen molar-refractivity contribution < 1.29 is 18.3 Å². The zero-order valence-corrected chi connectivity index (χ0v) is 22.4. The van der Waals surface area contributed by atoms with Gasteiger partial charge < -0.3 is 15.0 Å². The van der Waals surface area contributed by atoms with Crippen LogP contribution in [0.5, 0.6) is 5.75 Å². The fourth-order valence-corrected chi connectivity index (χ4v) is 6.66. The van der Waals surface area contributed by atoms with Gasteiger partial charge in [0.15, 0.2) is 0 Å². The number of benzene rings is 1. The van der Waals surface area contributed by atoms with Crippen molar-refractivity contribution in [2.75, 3.05) is 31.5 Å². The maximum Gasteiger partial charge on any atom is 0.393 e. The van der Waals surface area contributed by atoms with E-state index in [4.69, 9.17) is 0 Å². The van der Waals surface area contributed by atoms with E-state index in [-0.39, 0.29) is 16.7 Å². The Kier molecular flexibility index (Phi) is 7.26. The molecule has 0 saturated carbocycles. The number of thiophene rings is 1. The highest BCUT2D eigenvalue weighted by Crippen LogP contribution is 2.34. The van der Waals surface area contributed by atoms with Gasteiger partial charge >= 0.3 is 6.18 Å². The average Bonchev–Trinajstić information content (AvgIpc) is 3.64. The highest BCUT2D eigenvalue weighted by Gasteiger charge is 2.29. The van der Waals surface area contributed by atoms with Gasteiger partial charge in [0.05, 0.1) is 17.3 Å². The van der Waals surface area contributed by atoms with E-state index in [1.807, 2.05) is 16.7 Å². The third kappa shape index (κ3) is 5.71. The van der Waals surface area contributed by atoms with Gasteiger partial charge in [0.1, 0.15) is 34.5 Å². The van der Waals surface area contributed by atoms with E-state index in [1.165, 1.54) is 12.4 Å². The van der Waals surface area contributed by atoms with Crippen molar-refractivity contribution in [2.24, 2.45) is 5.92 Å². The average molecular weight is 571 g/mol. The lowest BCUT2D eigenvalue weighted by atomic mass is 10.0. The number of halogens is 3. The van der Waals surface area contributed by atoms with Gasteiger partial charge in [-0.3, -0.25) is 15.8 Å². The van der Waals surface area contributed by atoms with E-state index in [2.05, 4.69) is 37.1 Å². The number of anilines is 1. The monoisotopic (exact) mass is 570 g/mol. The molecule has 3 aromatic heterocycles. The molecule has 2 aliphatic heterocycles. The van der Waals surface area contributed by atoms with E-state index in [0.29, 0.717) is 40.7 Å². The third-order valence-corrected chi connectivity index (χ3v) is 8.68. The summed E-state index contributed by atoms with van der Waals surface area (Å²) in [5.41, 5.74) is 8.50. The first-order chi connectivity index (χ1) is 19.3. The summed E-state index contributed by atoms with van der Waals surface area (Å²) in [6, 6.07) is 9.59. The molecule has 40 heavy (non-hydrogen) atoms. The van der Waals surface area contributed by atoms with Crippen LogP contribution in [0.1, 0.15) is 29.0 Å². The summed E-state index contributed by atoms with van der Waals surface area (Å²) in [6.07, 6.45) is -2.19. The highest BCUT2D eigenvalue weighted by atomic mass is 32.1. The lowest BCUT2D eigenvalue weighted by Gasteiger charge is -2.32. The Morgan fingerprint density at radius 1 is 1.12 bits per heavy atom. The molecule has 0 bridgehead atoms. The van der Waals surface area contributed by atoms with Crippen LogP contribution < -0.4 is 16.2 Å². The maximum atomic E-state index is 12.9. The number of piperidine rings is 1. The van der Waals surface area contributed by atoms with E-state index >= 15 is 0 Å². The zero-order valence-electron chi connectivity index (χ0n) is 21.6. The van der Waals surface area contributed by atoms with Gasteiger partial charge in [0.2, 0.25) is 0 Å². The number of alkyl halides is 3. The van der Waals surface area contributed by atoms with Crippen LogP contribution in [-0.2, 0) is 19.5 Å². The van der Waals surface area contributed by atoms with Crippen molar-refractivity contribution in [3.05, 3.63) is 46.7 Å². The summed E-state index contributed by atoms with van der Waals surface area (Å²) in [5.74, 6) is 1.15. The number of fused-ring (bicyclic) bond motifs is 2. The largest absolute Gasteiger partial charge is 0.508 e. The number of aromatic nitrogens is 3. The number of nitrogens with one attached hydrogen (secondary N) is 3. The second-order valence-corrected chi connectivity index (χ2v) is 11.7. The Morgan fingerprint density at radius 2 is 1.90 bits per heavy atom. The number of rotatable bonds is 7. The van der Waals surface area contributed by atoms with E-state index in [0.717, 1.165) is 66.8 Å². The van der Waals surface area contributed by atoms with Crippen molar-refractivity contribution in [3.63, 3.8) is 0 Å². The Morgan fingerprint density at radius 3 is 2.62 bits per heavy atom. The van der Waals surface area contributed by atoms with Crippen molar-refractivity contribution in [3.8, 4) is 11.8 Å². The Hall–Kier alpha value is -3.44. The van der Waals surface area contributed by atoms with Gasteiger partial charge in [-0.25, -0.2) is 9.97 Å². The Labute approximate surface area is 232 Å². The first-order valence-corrected chi connectivity index (χ1v) is 14.1. The summed E-state index contributed by atoms with van der Waals surface area (Å²) in [6.45, 7) is 4.51. The molecule has 2 fully saturated rings. The molecule has 4 aromatic rings. The summed E-state index contributed by atoms with van der Waals surface area (Å²) >= 11 is 1.05. The van der Waals surface area contributed by atoms with Gasteiger partial charge in [0.25, 0.3) is 0 Å². The molecule has 0 radical (unpaired) electrons. The van der Waals surface area contributed by atoms with Gasteiger partial charge in [0, 0.05) is 73.1 Å². The van der Waals surface area contributed by atoms with Gasteiger partial charge in [-0.05, 0) is 31.0 Å². The molecule has 0 aliphatic carbocycles. The van der Waals surface area contributed by atoms with Crippen molar-refractivity contribution in [1.29, 1.82) is 5.26 Å². The second kappa shape index (κ2) is 10.9. The predicted molar refractivity (Wildman–Crippen MR) is 147 cm³/mol. The predicted octanol–water partition coefficient (Wildman–Crippen LogP) is 4.13. The quantitative estimate of drug-likeness (QED) is 0.262. The van der Waals surface area contributed by atoms with E-state index in [9.17, 15) is 23.5 Å². The minimum absolute atomic E-state index is 0.128. The fourth-order valence-electron chi connectivity index (χ4n) is 5.63. The smallest absolute Gasteiger partial charge is 0.393 e. The normalized spacial score (nSPS) is 17.6. The molecule has 0 spiro atoms. The van der Waals surface area contributed by atoms with Crippen molar-refractivity contribution >= 4 is 38.3 Å². The van der Waals surface area contributed by atoms with Gasteiger partial charge in [-0.1, -0.05) is 0 Å². The van der Waals surface area contributed by atoms with Gasteiger partial charge in [-0.2, -0.15) is 18.4 Å². The number of nitriles is 1. The number of aromatic hydroxyl groups is 1. The summed E-state index contributed by atoms with van der Waals surface area (Å²) in [5, 5.41) is 25.6. The lowest BCUT2D eigenvalue weighted by Crippen LogP contribution is -2.38. The number of nitrogens with zero attached hydrogens (tertiary/aromatic N) is 5. The molecule has 1 aromatic carbocycles. The first-order valence-electron chi connectivity index (χ1n) is 13.3. The van der Waals surface area contributed by atoms with Crippen molar-refractivity contribution in [1.82, 2.24) is 30.3 Å². The number of phenolic OH excluding ortho intramolecular Hbond substituents is 1. The second-order valence-electron chi connectivity index (χ2n) is 10.6. The van der Waals surface area contributed by atoms with Crippen molar-refractivity contribution in [2.45, 2.75) is 44.6 Å². The molecule has 210 valence electrons. The Balaban J connectivity index is 1.11. The van der Waals surface area contributed by atoms with Crippen LogP contribution >= 0.6 is 11.3 Å². The van der Waals surface area contributed by atoms with Crippen LogP contribution in [0, 0.1) is 17.2 Å². The number of likely N-dealkylation sites (tertiary alicyclic amines) is 1. The fraction of sp³-hybridized carbons (Fsp3) is 0.444. The minimum Gasteiger partial charge on any atom is -0.508 e. The molecule has 13 heteroatoms. The molecule has 5 heterocycles. The maximum absolute atomic E-state index is 12.9. The van der Waals surface area contributed by atoms with Gasteiger partial charge in [-0.15, -0.1) is 11.3 Å². The molecule has 0 unspecified atom stereocenters. The summed E-state index contributed by atoms with van der Waals surface area (Å²) in [7, 11) is 0. The molecule has 6 rings (SSSR count).